The van der Waals surface area contributed by atoms with Gasteiger partial charge in [-0.1, -0.05) is 31.9 Å². The van der Waals surface area contributed by atoms with Gasteiger partial charge in [0, 0.05) is 31.6 Å². The Kier molecular flexibility index (Phi) is 5.22. The van der Waals surface area contributed by atoms with Gasteiger partial charge in [-0.05, 0) is 48.8 Å². The molecule has 1 aliphatic carbocycles. The van der Waals surface area contributed by atoms with Crippen molar-refractivity contribution in [3.8, 4) is 0 Å². The first kappa shape index (κ1) is 17.0. The zero-order valence-corrected chi connectivity index (χ0v) is 14.6. The highest BCUT2D eigenvalue weighted by Gasteiger charge is 2.36. The molecule has 0 radical (unpaired) electrons. The number of carbonyl (C=O) groups is 2. The molecule has 2 aliphatic rings. The van der Waals surface area contributed by atoms with Crippen LogP contribution in [0, 0.1) is 5.41 Å². The number of amides is 2. The Bertz CT molecular complexity index is 607. The molecule has 1 heterocycles. The maximum Gasteiger partial charge on any atom is 0.251 e. The van der Waals surface area contributed by atoms with Gasteiger partial charge in [0.2, 0.25) is 5.91 Å². The van der Waals surface area contributed by atoms with E-state index in [1.54, 1.807) is 0 Å². The number of nitrogens with one attached hydrogen (secondary N) is 1. The molecule has 1 aromatic rings. The largest absolute Gasteiger partial charge is 0.351 e. The molecule has 4 nitrogen and oxygen atoms in total. The van der Waals surface area contributed by atoms with Crippen LogP contribution in [0.15, 0.2) is 24.3 Å². The zero-order valence-electron chi connectivity index (χ0n) is 14.6. The maximum absolute atomic E-state index is 12.5. The van der Waals surface area contributed by atoms with Crippen molar-refractivity contribution in [2.45, 2.75) is 58.4 Å². The van der Waals surface area contributed by atoms with E-state index in [1.165, 1.54) is 32.1 Å². The van der Waals surface area contributed by atoms with Gasteiger partial charge in [-0.25, -0.2) is 0 Å². The second kappa shape index (κ2) is 7.37. The third kappa shape index (κ3) is 3.80. The predicted octanol–water partition coefficient (Wildman–Crippen LogP) is 3.51. The Morgan fingerprint density at radius 2 is 2.12 bits per heavy atom. The van der Waals surface area contributed by atoms with Gasteiger partial charge in [0.1, 0.15) is 0 Å². The second-order valence-corrected chi connectivity index (χ2v) is 7.41. The molecule has 0 aromatic heterocycles. The summed E-state index contributed by atoms with van der Waals surface area (Å²) >= 11 is 0. The molecular formula is C20H28N2O2. The highest BCUT2D eigenvalue weighted by molar-refractivity contribution is 5.94. The van der Waals surface area contributed by atoms with Crippen molar-refractivity contribution in [3.05, 3.63) is 35.4 Å². The van der Waals surface area contributed by atoms with Crippen molar-refractivity contribution in [1.82, 2.24) is 10.2 Å². The van der Waals surface area contributed by atoms with E-state index in [2.05, 4.69) is 12.2 Å². The number of rotatable bonds is 7. The summed E-state index contributed by atoms with van der Waals surface area (Å²) in [6.45, 7) is 4.44. The first-order valence-corrected chi connectivity index (χ1v) is 9.27. The molecule has 0 atom stereocenters. The molecule has 1 aromatic carbocycles. The average molecular weight is 328 g/mol. The molecule has 1 N–H and O–H groups in total. The number of hydrogen-bond acceptors (Lipinski definition) is 2. The topological polar surface area (TPSA) is 49.4 Å². The molecule has 1 aliphatic heterocycles. The van der Waals surface area contributed by atoms with Gasteiger partial charge in [0.15, 0.2) is 0 Å². The molecule has 0 unspecified atom stereocenters. The van der Waals surface area contributed by atoms with Gasteiger partial charge in [0.25, 0.3) is 5.91 Å². The fourth-order valence-electron chi connectivity index (χ4n) is 3.99. The summed E-state index contributed by atoms with van der Waals surface area (Å²) in [5, 5.41) is 3.14. The molecule has 2 fully saturated rings. The van der Waals surface area contributed by atoms with Crippen molar-refractivity contribution in [3.63, 3.8) is 0 Å². The Morgan fingerprint density at radius 3 is 2.75 bits per heavy atom. The highest BCUT2D eigenvalue weighted by atomic mass is 16.2. The number of benzene rings is 1. The molecule has 2 amide bonds. The van der Waals surface area contributed by atoms with E-state index in [9.17, 15) is 9.59 Å². The van der Waals surface area contributed by atoms with Crippen LogP contribution in [0.2, 0.25) is 0 Å². The van der Waals surface area contributed by atoms with Gasteiger partial charge in [-0.15, -0.1) is 0 Å². The molecule has 1 saturated carbocycles. The average Bonchev–Trinajstić information content (AvgIpc) is 2.95. The van der Waals surface area contributed by atoms with Crippen LogP contribution >= 0.6 is 0 Å². The molecule has 3 rings (SSSR count). The molecule has 0 spiro atoms. The lowest BCUT2D eigenvalue weighted by Gasteiger charge is -2.42. The lowest BCUT2D eigenvalue weighted by molar-refractivity contribution is -0.128. The van der Waals surface area contributed by atoms with E-state index in [0.717, 1.165) is 25.1 Å². The lowest BCUT2D eigenvalue weighted by Crippen LogP contribution is -2.42. The van der Waals surface area contributed by atoms with Crippen LogP contribution in [0.3, 0.4) is 0 Å². The van der Waals surface area contributed by atoms with Gasteiger partial charge >= 0.3 is 0 Å². The standard InChI is InChI=1S/C20H28N2O2/c1-2-9-20(10-5-11-20)15-21-19(24)17-7-3-6-16(13-17)14-22-12-4-8-18(22)23/h3,6-7,13H,2,4-5,8-12,14-15H2,1H3,(H,21,24). The van der Waals surface area contributed by atoms with Gasteiger partial charge < -0.3 is 10.2 Å². The van der Waals surface area contributed by atoms with Crippen LogP contribution in [0.5, 0.6) is 0 Å². The van der Waals surface area contributed by atoms with Crippen molar-refractivity contribution < 1.29 is 9.59 Å². The van der Waals surface area contributed by atoms with Crippen molar-refractivity contribution >= 4 is 11.8 Å². The van der Waals surface area contributed by atoms with E-state index in [1.807, 2.05) is 29.2 Å². The van der Waals surface area contributed by atoms with Crippen molar-refractivity contribution in [2.24, 2.45) is 5.41 Å². The summed E-state index contributed by atoms with van der Waals surface area (Å²) in [4.78, 5) is 26.1. The van der Waals surface area contributed by atoms with E-state index in [0.29, 0.717) is 23.9 Å². The monoisotopic (exact) mass is 328 g/mol. The minimum absolute atomic E-state index is 0.00646. The van der Waals surface area contributed by atoms with Crippen LogP contribution in [-0.2, 0) is 11.3 Å². The fourth-order valence-corrected chi connectivity index (χ4v) is 3.99. The minimum atomic E-state index is 0.00646. The van der Waals surface area contributed by atoms with Gasteiger partial charge in [0.05, 0.1) is 0 Å². The molecule has 130 valence electrons. The normalized spacial score (nSPS) is 19.2. The van der Waals surface area contributed by atoms with E-state index in [4.69, 9.17) is 0 Å². The number of likely N-dealkylation sites (tertiary alicyclic amines) is 1. The summed E-state index contributed by atoms with van der Waals surface area (Å²) in [6.07, 6.45) is 7.73. The Balaban J connectivity index is 1.58. The maximum atomic E-state index is 12.5. The molecule has 0 bridgehead atoms. The quantitative estimate of drug-likeness (QED) is 0.833. The SMILES string of the molecule is CCCC1(CNC(=O)c2cccc(CN3CCCC3=O)c2)CCC1. The molecule has 4 heteroatoms. The van der Waals surface area contributed by atoms with E-state index in [-0.39, 0.29) is 11.8 Å². The second-order valence-electron chi connectivity index (χ2n) is 7.41. The van der Waals surface area contributed by atoms with Crippen LogP contribution in [0.1, 0.15) is 67.8 Å². The molecular weight excluding hydrogens is 300 g/mol. The van der Waals surface area contributed by atoms with Gasteiger partial charge in [-0.2, -0.15) is 0 Å². The summed E-state index contributed by atoms with van der Waals surface area (Å²) in [5.41, 5.74) is 2.07. The highest BCUT2D eigenvalue weighted by Crippen LogP contribution is 2.44. The summed E-state index contributed by atoms with van der Waals surface area (Å²) < 4.78 is 0. The third-order valence-corrected chi connectivity index (χ3v) is 5.55. The van der Waals surface area contributed by atoms with Crippen LogP contribution < -0.4 is 5.32 Å². The summed E-state index contributed by atoms with van der Waals surface area (Å²) in [6, 6.07) is 7.69. The van der Waals surface area contributed by atoms with Crippen LogP contribution in [-0.4, -0.2) is 29.8 Å². The smallest absolute Gasteiger partial charge is 0.251 e. The Morgan fingerprint density at radius 1 is 1.29 bits per heavy atom. The lowest BCUT2D eigenvalue weighted by atomic mass is 9.66. The first-order valence-electron chi connectivity index (χ1n) is 9.27. The third-order valence-electron chi connectivity index (χ3n) is 5.55. The molecule has 1 saturated heterocycles. The number of hydrogen-bond donors (Lipinski definition) is 1. The van der Waals surface area contributed by atoms with Gasteiger partial charge in [-0.3, -0.25) is 9.59 Å². The summed E-state index contributed by atoms with van der Waals surface area (Å²) in [5.74, 6) is 0.225. The van der Waals surface area contributed by atoms with Crippen molar-refractivity contribution in [1.29, 1.82) is 0 Å². The predicted molar refractivity (Wildman–Crippen MR) is 94.6 cm³/mol. The van der Waals surface area contributed by atoms with Crippen LogP contribution in [0.4, 0.5) is 0 Å². The van der Waals surface area contributed by atoms with E-state index >= 15 is 0 Å². The van der Waals surface area contributed by atoms with Crippen LogP contribution in [0.25, 0.3) is 0 Å². The number of carbonyl (C=O) groups excluding carboxylic acids is 2. The Hall–Kier alpha value is -1.84. The fraction of sp³-hybridized carbons (Fsp3) is 0.600. The van der Waals surface area contributed by atoms with E-state index < -0.39 is 0 Å². The Labute approximate surface area is 144 Å². The minimum Gasteiger partial charge on any atom is -0.351 e. The number of nitrogens with zero attached hydrogens (tertiary/aromatic N) is 1. The van der Waals surface area contributed by atoms with Crippen molar-refractivity contribution in [2.75, 3.05) is 13.1 Å². The first-order chi connectivity index (χ1) is 11.6. The zero-order chi connectivity index (χ0) is 17.0. The summed E-state index contributed by atoms with van der Waals surface area (Å²) in [7, 11) is 0. The molecule has 24 heavy (non-hydrogen) atoms.